The zero-order valence-corrected chi connectivity index (χ0v) is 11.9. The zero-order chi connectivity index (χ0) is 14.2. The molecule has 0 aliphatic carbocycles. The molecular formula is C13H13ClN6O. The lowest BCUT2D eigenvalue weighted by molar-refractivity contribution is -0.0589. The van der Waals surface area contributed by atoms with E-state index in [1.54, 1.807) is 0 Å². The molecule has 0 spiro atoms. The fourth-order valence-corrected chi connectivity index (χ4v) is 2.74. The molecule has 21 heavy (non-hydrogen) atoms. The number of fused-ring (bicyclic) bond motifs is 1. The first kappa shape index (κ1) is 12.7. The predicted octanol–water partition coefficient (Wildman–Crippen LogP) is 1.74. The number of alkyl halides is 1. The Bertz CT molecular complexity index is 764. The summed E-state index contributed by atoms with van der Waals surface area (Å²) in [5, 5.41) is 13.9. The van der Waals surface area contributed by atoms with Gasteiger partial charge in [0.05, 0.1) is 29.6 Å². The summed E-state index contributed by atoms with van der Waals surface area (Å²) < 4.78 is 7.65. The van der Waals surface area contributed by atoms with Crippen molar-refractivity contribution in [2.45, 2.75) is 24.9 Å². The molecule has 0 radical (unpaired) electrons. The van der Waals surface area contributed by atoms with Gasteiger partial charge >= 0.3 is 0 Å². The van der Waals surface area contributed by atoms with E-state index in [1.165, 1.54) is 0 Å². The van der Waals surface area contributed by atoms with Crippen LogP contribution in [0.2, 0.25) is 0 Å². The van der Waals surface area contributed by atoms with Crippen LogP contribution in [0.1, 0.15) is 12.2 Å². The van der Waals surface area contributed by atoms with E-state index >= 15 is 0 Å². The van der Waals surface area contributed by atoms with Crippen molar-refractivity contribution in [1.82, 2.24) is 30.2 Å². The van der Waals surface area contributed by atoms with Gasteiger partial charge in [0.1, 0.15) is 5.82 Å². The average molecular weight is 305 g/mol. The second-order valence-electron chi connectivity index (χ2n) is 5.01. The Morgan fingerprint density at radius 1 is 1.43 bits per heavy atom. The highest BCUT2D eigenvalue weighted by molar-refractivity contribution is 6.16. The van der Waals surface area contributed by atoms with E-state index in [9.17, 15) is 0 Å². The van der Waals surface area contributed by atoms with Crippen LogP contribution in [0.5, 0.6) is 0 Å². The van der Waals surface area contributed by atoms with E-state index in [0.29, 0.717) is 11.7 Å². The number of imidazole rings is 1. The van der Waals surface area contributed by atoms with Crippen molar-refractivity contribution in [3.8, 4) is 11.4 Å². The first-order valence-corrected chi connectivity index (χ1v) is 7.29. The Kier molecular flexibility index (Phi) is 3.08. The number of tetrazole rings is 1. The van der Waals surface area contributed by atoms with Gasteiger partial charge in [-0.3, -0.25) is 0 Å². The van der Waals surface area contributed by atoms with Gasteiger partial charge in [-0.15, -0.1) is 16.7 Å². The summed E-state index contributed by atoms with van der Waals surface area (Å²) in [5.74, 6) is 1.87. The summed E-state index contributed by atoms with van der Waals surface area (Å²) in [6.07, 6.45) is 1.33. The minimum absolute atomic E-state index is 0.250. The molecule has 108 valence electrons. The van der Waals surface area contributed by atoms with E-state index < -0.39 is 0 Å². The van der Waals surface area contributed by atoms with Crippen LogP contribution in [-0.2, 0) is 17.2 Å². The van der Waals surface area contributed by atoms with Gasteiger partial charge in [-0.1, -0.05) is 0 Å². The maximum absolute atomic E-state index is 6.02. The normalized spacial score (nSPS) is 18.0. The summed E-state index contributed by atoms with van der Waals surface area (Å²) in [6.45, 7) is 1.61. The Labute approximate surface area is 125 Å². The van der Waals surface area contributed by atoms with Crippen LogP contribution in [0, 0.1) is 0 Å². The average Bonchev–Trinajstić information content (AvgIpc) is 3.09. The molecule has 1 N–H and O–H groups in total. The third-order valence-electron chi connectivity index (χ3n) is 3.75. The third-order valence-corrected chi connectivity index (χ3v) is 3.98. The monoisotopic (exact) mass is 304 g/mol. The molecular weight excluding hydrogens is 292 g/mol. The van der Waals surface area contributed by atoms with Crippen molar-refractivity contribution in [3.05, 3.63) is 24.0 Å². The number of hydrogen-bond acceptors (Lipinski definition) is 5. The molecule has 4 rings (SSSR count). The molecule has 0 amide bonds. The van der Waals surface area contributed by atoms with Crippen LogP contribution in [0.4, 0.5) is 0 Å². The largest absolute Gasteiger partial charge is 0.376 e. The fraction of sp³-hybridized carbons (Fsp3) is 0.385. The van der Waals surface area contributed by atoms with E-state index in [-0.39, 0.29) is 6.10 Å². The highest BCUT2D eigenvalue weighted by atomic mass is 35.5. The van der Waals surface area contributed by atoms with Crippen LogP contribution in [-0.4, -0.2) is 42.9 Å². The van der Waals surface area contributed by atoms with Crippen LogP contribution in [0.3, 0.4) is 0 Å². The van der Waals surface area contributed by atoms with Crippen LogP contribution < -0.4 is 0 Å². The number of nitrogens with one attached hydrogen (secondary N) is 1. The van der Waals surface area contributed by atoms with Crippen LogP contribution >= 0.6 is 11.6 Å². The number of halogens is 1. The maximum Gasteiger partial charge on any atom is 0.179 e. The topological polar surface area (TPSA) is 81.5 Å². The lowest BCUT2D eigenvalue weighted by Gasteiger charge is -2.27. The zero-order valence-electron chi connectivity index (χ0n) is 11.2. The Morgan fingerprint density at radius 3 is 3.00 bits per heavy atom. The molecule has 0 bridgehead atoms. The van der Waals surface area contributed by atoms with Crippen molar-refractivity contribution < 1.29 is 4.74 Å². The number of nitrogens with zero attached hydrogens (tertiary/aromatic N) is 5. The van der Waals surface area contributed by atoms with Crippen molar-refractivity contribution >= 4 is 22.6 Å². The first-order chi connectivity index (χ1) is 10.3. The van der Waals surface area contributed by atoms with Gasteiger partial charge in [0.15, 0.2) is 5.82 Å². The second-order valence-corrected chi connectivity index (χ2v) is 5.27. The Balaban J connectivity index is 1.81. The number of aromatic nitrogens is 6. The third kappa shape index (κ3) is 2.18. The molecule has 1 aliphatic heterocycles. The van der Waals surface area contributed by atoms with Gasteiger partial charge in [-0.2, -0.15) is 0 Å². The number of ether oxygens (including phenoxy) is 1. The lowest BCUT2D eigenvalue weighted by atomic mass is 10.1. The van der Waals surface area contributed by atoms with Gasteiger partial charge in [-0.05, 0) is 35.0 Å². The standard InChI is InChI=1S/C13H13ClN6O/c14-6-12-15-10-2-1-8(13-16-18-19-17-13)5-11(10)20(12)7-9-3-4-21-9/h1-2,5,9H,3-4,6-7H2,(H,16,17,18,19)/t9-/m0/s1. The van der Waals surface area contributed by atoms with E-state index in [0.717, 1.165) is 42.0 Å². The molecule has 0 unspecified atom stereocenters. The van der Waals surface area contributed by atoms with Crippen LogP contribution in [0.15, 0.2) is 18.2 Å². The first-order valence-electron chi connectivity index (χ1n) is 6.76. The van der Waals surface area contributed by atoms with E-state index in [2.05, 4.69) is 30.2 Å². The summed E-state index contributed by atoms with van der Waals surface area (Å²) in [4.78, 5) is 4.58. The van der Waals surface area contributed by atoms with Gasteiger partial charge in [0.2, 0.25) is 0 Å². The summed E-state index contributed by atoms with van der Waals surface area (Å²) in [6, 6.07) is 5.93. The van der Waals surface area contributed by atoms with Gasteiger partial charge < -0.3 is 9.30 Å². The molecule has 8 heteroatoms. The van der Waals surface area contributed by atoms with Crippen molar-refractivity contribution in [3.63, 3.8) is 0 Å². The summed E-state index contributed by atoms with van der Waals surface area (Å²) in [5.41, 5.74) is 2.86. The molecule has 1 saturated heterocycles. The molecule has 0 saturated carbocycles. The highest BCUT2D eigenvalue weighted by Gasteiger charge is 2.21. The van der Waals surface area contributed by atoms with Crippen LogP contribution in [0.25, 0.3) is 22.4 Å². The smallest absolute Gasteiger partial charge is 0.179 e. The fourth-order valence-electron chi connectivity index (χ4n) is 2.54. The second kappa shape index (κ2) is 5.09. The molecule has 1 aliphatic rings. The SMILES string of the molecule is ClCc1nc2ccc(-c3nnn[nH]3)cc2n1C[C@@H]1CCO1. The summed E-state index contributed by atoms with van der Waals surface area (Å²) >= 11 is 6.02. The lowest BCUT2D eigenvalue weighted by Crippen LogP contribution is -2.31. The van der Waals surface area contributed by atoms with E-state index in [4.69, 9.17) is 16.3 Å². The minimum Gasteiger partial charge on any atom is -0.376 e. The van der Waals surface area contributed by atoms with Gasteiger partial charge in [0, 0.05) is 12.2 Å². The number of H-pyrrole nitrogens is 1. The molecule has 1 aromatic carbocycles. The maximum atomic E-state index is 6.02. The number of benzene rings is 1. The Morgan fingerprint density at radius 2 is 2.33 bits per heavy atom. The van der Waals surface area contributed by atoms with Crippen molar-refractivity contribution in [1.29, 1.82) is 0 Å². The highest BCUT2D eigenvalue weighted by Crippen LogP contribution is 2.25. The quantitative estimate of drug-likeness (QED) is 0.743. The predicted molar refractivity (Wildman–Crippen MR) is 76.8 cm³/mol. The summed E-state index contributed by atoms with van der Waals surface area (Å²) in [7, 11) is 0. The number of rotatable bonds is 4. The molecule has 1 atom stereocenters. The Hall–Kier alpha value is -1.99. The number of aromatic amines is 1. The van der Waals surface area contributed by atoms with Crippen molar-refractivity contribution in [2.75, 3.05) is 6.61 Å². The molecule has 3 heterocycles. The molecule has 2 aromatic heterocycles. The van der Waals surface area contributed by atoms with E-state index in [1.807, 2.05) is 18.2 Å². The van der Waals surface area contributed by atoms with Gasteiger partial charge in [0.25, 0.3) is 0 Å². The molecule has 7 nitrogen and oxygen atoms in total. The molecule has 3 aromatic rings. The number of hydrogen-bond donors (Lipinski definition) is 1. The minimum atomic E-state index is 0.250. The van der Waals surface area contributed by atoms with Gasteiger partial charge in [-0.25, -0.2) is 10.1 Å². The molecule has 1 fully saturated rings. The van der Waals surface area contributed by atoms with Crippen molar-refractivity contribution in [2.24, 2.45) is 0 Å².